The van der Waals surface area contributed by atoms with Gasteiger partial charge in [-0.15, -0.1) is 24.0 Å². The van der Waals surface area contributed by atoms with Crippen LogP contribution in [-0.2, 0) is 11.3 Å². The van der Waals surface area contributed by atoms with Gasteiger partial charge < -0.3 is 25.0 Å². The standard InChI is InChI=1S/C16H24N4O3.HI/c1-20(2)15(21)11-23-13-6-5-12(9-14(13)22-3)10-19-16-17-7-4-8-18-16;/h5-6,9H,4,7-8,10-11H2,1-3H3,(H2,17,18,19);1H. The van der Waals surface area contributed by atoms with E-state index in [0.29, 0.717) is 18.0 Å². The molecule has 2 rings (SSSR count). The van der Waals surface area contributed by atoms with Gasteiger partial charge in [-0.3, -0.25) is 9.79 Å². The van der Waals surface area contributed by atoms with Crippen molar-refractivity contribution in [3.8, 4) is 11.5 Å². The van der Waals surface area contributed by atoms with Crippen molar-refractivity contribution in [1.29, 1.82) is 0 Å². The molecule has 0 saturated carbocycles. The van der Waals surface area contributed by atoms with Crippen LogP contribution in [0, 0.1) is 0 Å². The van der Waals surface area contributed by atoms with Gasteiger partial charge in [0.2, 0.25) is 0 Å². The molecule has 1 aliphatic rings. The third-order valence-corrected chi connectivity index (χ3v) is 3.44. The van der Waals surface area contributed by atoms with Crippen molar-refractivity contribution in [3.63, 3.8) is 0 Å². The highest BCUT2D eigenvalue weighted by atomic mass is 127. The monoisotopic (exact) mass is 448 g/mol. The lowest BCUT2D eigenvalue weighted by atomic mass is 10.2. The number of benzene rings is 1. The number of halogens is 1. The Bertz CT molecular complexity index is 578. The Morgan fingerprint density at radius 1 is 1.38 bits per heavy atom. The Labute approximate surface area is 159 Å². The fourth-order valence-electron chi connectivity index (χ4n) is 2.05. The van der Waals surface area contributed by atoms with Crippen molar-refractivity contribution < 1.29 is 14.3 Å². The molecule has 0 aromatic heterocycles. The summed E-state index contributed by atoms with van der Waals surface area (Å²) in [5.74, 6) is 1.89. The lowest BCUT2D eigenvalue weighted by Crippen LogP contribution is -2.40. The van der Waals surface area contributed by atoms with Crippen LogP contribution in [0.15, 0.2) is 23.2 Å². The normalized spacial score (nSPS) is 13.0. The molecule has 0 aliphatic carbocycles. The lowest BCUT2D eigenvalue weighted by Gasteiger charge is -2.17. The van der Waals surface area contributed by atoms with Gasteiger partial charge in [-0.25, -0.2) is 0 Å². The van der Waals surface area contributed by atoms with Gasteiger partial charge in [0.25, 0.3) is 5.91 Å². The number of guanidine groups is 1. The van der Waals surface area contributed by atoms with Crippen LogP contribution in [-0.4, -0.2) is 57.7 Å². The van der Waals surface area contributed by atoms with Gasteiger partial charge in [0.1, 0.15) is 0 Å². The average molecular weight is 448 g/mol. The van der Waals surface area contributed by atoms with Crippen LogP contribution < -0.4 is 20.1 Å². The van der Waals surface area contributed by atoms with Crippen molar-refractivity contribution in [2.75, 3.05) is 40.9 Å². The molecule has 7 nitrogen and oxygen atoms in total. The molecule has 1 aliphatic heterocycles. The molecule has 2 N–H and O–H groups in total. The number of hydrogen-bond donors (Lipinski definition) is 2. The maximum atomic E-state index is 11.6. The van der Waals surface area contributed by atoms with Crippen LogP contribution in [0.2, 0.25) is 0 Å². The van der Waals surface area contributed by atoms with Crippen molar-refractivity contribution >= 4 is 35.8 Å². The van der Waals surface area contributed by atoms with Crippen LogP contribution in [0.3, 0.4) is 0 Å². The first-order chi connectivity index (χ1) is 11.1. The first-order valence-corrected chi connectivity index (χ1v) is 7.62. The van der Waals surface area contributed by atoms with Crippen LogP contribution >= 0.6 is 24.0 Å². The minimum Gasteiger partial charge on any atom is -0.493 e. The SMILES string of the molecule is COc1cc(CNC2=NCCCN2)ccc1OCC(=O)N(C)C.I. The van der Waals surface area contributed by atoms with Crippen LogP contribution in [0.1, 0.15) is 12.0 Å². The van der Waals surface area contributed by atoms with Crippen LogP contribution in [0.4, 0.5) is 0 Å². The first kappa shape index (κ1) is 20.3. The summed E-state index contributed by atoms with van der Waals surface area (Å²) in [6, 6.07) is 5.65. The van der Waals surface area contributed by atoms with Crippen molar-refractivity contribution in [3.05, 3.63) is 23.8 Å². The number of nitrogens with one attached hydrogen (secondary N) is 2. The number of hydrogen-bond acceptors (Lipinski definition) is 6. The first-order valence-electron chi connectivity index (χ1n) is 7.62. The molecule has 0 saturated heterocycles. The van der Waals surface area contributed by atoms with Crippen molar-refractivity contribution in [2.24, 2.45) is 4.99 Å². The second-order valence-corrected chi connectivity index (χ2v) is 5.43. The number of likely N-dealkylation sites (N-methyl/N-ethyl adjacent to an activating group) is 1. The fourth-order valence-corrected chi connectivity index (χ4v) is 2.05. The molecular formula is C16H25IN4O3. The highest BCUT2D eigenvalue weighted by Crippen LogP contribution is 2.28. The summed E-state index contributed by atoms with van der Waals surface area (Å²) in [6.45, 7) is 2.42. The number of ether oxygens (including phenoxy) is 2. The predicted molar refractivity (Wildman–Crippen MR) is 104 cm³/mol. The topological polar surface area (TPSA) is 75.2 Å². The van der Waals surface area contributed by atoms with E-state index >= 15 is 0 Å². The van der Waals surface area contributed by atoms with E-state index in [1.807, 2.05) is 18.2 Å². The van der Waals surface area contributed by atoms with Gasteiger partial charge in [0.15, 0.2) is 24.1 Å². The van der Waals surface area contributed by atoms with Crippen molar-refractivity contribution in [1.82, 2.24) is 15.5 Å². The maximum absolute atomic E-state index is 11.6. The van der Waals surface area contributed by atoms with E-state index in [1.165, 1.54) is 4.90 Å². The van der Waals surface area contributed by atoms with E-state index in [1.54, 1.807) is 21.2 Å². The van der Waals surface area contributed by atoms with Crippen LogP contribution in [0.25, 0.3) is 0 Å². The van der Waals surface area contributed by atoms with Gasteiger partial charge in [-0.2, -0.15) is 0 Å². The quantitative estimate of drug-likeness (QED) is 0.641. The van der Waals surface area contributed by atoms with Crippen molar-refractivity contribution in [2.45, 2.75) is 13.0 Å². The number of methoxy groups -OCH3 is 1. The zero-order chi connectivity index (χ0) is 16.7. The molecule has 1 aromatic rings. The summed E-state index contributed by atoms with van der Waals surface area (Å²) in [7, 11) is 4.97. The van der Waals surface area contributed by atoms with E-state index in [-0.39, 0.29) is 36.5 Å². The van der Waals surface area contributed by atoms with Gasteiger partial charge in [0, 0.05) is 33.7 Å². The average Bonchev–Trinajstić information content (AvgIpc) is 2.58. The highest BCUT2D eigenvalue weighted by Gasteiger charge is 2.10. The Balaban J connectivity index is 0.00000288. The zero-order valence-corrected chi connectivity index (χ0v) is 16.6. The Morgan fingerprint density at radius 2 is 2.17 bits per heavy atom. The number of aliphatic imine (C=N–C) groups is 1. The van der Waals surface area contributed by atoms with Gasteiger partial charge in [0.05, 0.1) is 7.11 Å². The maximum Gasteiger partial charge on any atom is 0.259 e. The second-order valence-electron chi connectivity index (χ2n) is 5.43. The van der Waals surface area contributed by atoms with E-state index in [4.69, 9.17) is 9.47 Å². The predicted octanol–water partition coefficient (Wildman–Crippen LogP) is 1.22. The largest absolute Gasteiger partial charge is 0.493 e. The summed E-state index contributed by atoms with van der Waals surface area (Å²) in [5.41, 5.74) is 1.04. The molecule has 1 heterocycles. The summed E-state index contributed by atoms with van der Waals surface area (Å²) in [4.78, 5) is 17.4. The summed E-state index contributed by atoms with van der Waals surface area (Å²) in [6.07, 6.45) is 1.07. The summed E-state index contributed by atoms with van der Waals surface area (Å²) < 4.78 is 10.9. The molecule has 0 fully saturated rings. The molecular weight excluding hydrogens is 423 g/mol. The molecule has 0 bridgehead atoms. The van der Waals surface area contributed by atoms with E-state index < -0.39 is 0 Å². The Kier molecular flexibility index (Phi) is 8.66. The molecule has 134 valence electrons. The summed E-state index contributed by atoms with van der Waals surface area (Å²) in [5, 5.41) is 6.47. The fraction of sp³-hybridized carbons (Fsp3) is 0.500. The van der Waals surface area contributed by atoms with E-state index in [2.05, 4.69) is 15.6 Å². The molecule has 8 heteroatoms. The third kappa shape index (κ3) is 6.06. The Morgan fingerprint density at radius 3 is 2.79 bits per heavy atom. The van der Waals surface area contributed by atoms with Gasteiger partial charge in [-0.1, -0.05) is 6.07 Å². The molecule has 1 aromatic carbocycles. The van der Waals surface area contributed by atoms with E-state index in [0.717, 1.165) is 31.0 Å². The van der Waals surface area contributed by atoms with Crippen LogP contribution in [0.5, 0.6) is 11.5 Å². The zero-order valence-electron chi connectivity index (χ0n) is 14.3. The second kappa shape index (κ2) is 10.2. The number of carbonyl (C=O) groups is 1. The van der Waals surface area contributed by atoms with Gasteiger partial charge in [-0.05, 0) is 24.1 Å². The smallest absolute Gasteiger partial charge is 0.259 e. The number of amides is 1. The van der Waals surface area contributed by atoms with Gasteiger partial charge >= 0.3 is 0 Å². The third-order valence-electron chi connectivity index (χ3n) is 3.44. The lowest BCUT2D eigenvalue weighted by molar-refractivity contribution is -0.130. The molecule has 24 heavy (non-hydrogen) atoms. The minimum atomic E-state index is -0.0980. The number of rotatable bonds is 6. The molecule has 0 radical (unpaired) electrons. The minimum absolute atomic E-state index is 0. The molecule has 0 unspecified atom stereocenters. The number of carbonyl (C=O) groups excluding carboxylic acids is 1. The van der Waals surface area contributed by atoms with E-state index in [9.17, 15) is 4.79 Å². The Hall–Kier alpha value is -1.71. The molecule has 0 atom stereocenters. The molecule has 1 amide bonds. The summed E-state index contributed by atoms with van der Waals surface area (Å²) >= 11 is 0. The number of nitrogens with zero attached hydrogens (tertiary/aromatic N) is 2. The highest BCUT2D eigenvalue weighted by molar-refractivity contribution is 14.0. The molecule has 0 spiro atoms.